The molecule has 0 saturated heterocycles. The summed E-state index contributed by atoms with van der Waals surface area (Å²) >= 11 is 0. The molecule has 2 N–H and O–H groups in total. The number of alkyl halides is 1. The van der Waals surface area contributed by atoms with Crippen LogP contribution in [0.2, 0.25) is 0 Å². The van der Waals surface area contributed by atoms with E-state index in [9.17, 15) is 18.8 Å². The Morgan fingerprint density at radius 2 is 1.63 bits per heavy atom. The Morgan fingerprint density at radius 3 is 2.05 bits per heavy atom. The van der Waals surface area contributed by atoms with Gasteiger partial charge in [0.25, 0.3) is 5.91 Å². The van der Waals surface area contributed by atoms with Crippen LogP contribution < -0.4 is 10.6 Å². The van der Waals surface area contributed by atoms with Gasteiger partial charge < -0.3 is 10.6 Å². The van der Waals surface area contributed by atoms with Gasteiger partial charge >= 0.3 is 0 Å². The molecule has 0 saturated carbocycles. The average molecular weight is 266 g/mol. The van der Waals surface area contributed by atoms with Crippen molar-refractivity contribution in [2.24, 2.45) is 5.41 Å². The summed E-state index contributed by atoms with van der Waals surface area (Å²) < 4.78 is 12.6. The van der Waals surface area contributed by atoms with E-state index < -0.39 is 23.9 Å². The summed E-state index contributed by atoms with van der Waals surface area (Å²) in [6.07, 6.45) is 0.166. The molecule has 0 aliphatic carbocycles. The Balaban J connectivity index is 2.70. The molecule has 0 unspecified atom stereocenters. The van der Waals surface area contributed by atoms with Crippen LogP contribution in [-0.4, -0.2) is 24.8 Å². The third-order valence-electron chi connectivity index (χ3n) is 2.47. The maximum atomic E-state index is 12.6. The molecule has 0 aliphatic rings. The van der Waals surface area contributed by atoms with Gasteiger partial charge in [0.05, 0.1) is 5.41 Å². The average Bonchev–Trinajstić information content (AvgIpc) is 2.40. The topological polar surface area (TPSA) is 75.3 Å². The highest BCUT2D eigenvalue weighted by Gasteiger charge is 2.27. The lowest BCUT2D eigenvalue weighted by molar-refractivity contribution is -0.127. The second-order valence-corrected chi connectivity index (χ2v) is 4.66. The van der Waals surface area contributed by atoms with Gasteiger partial charge in [0.2, 0.25) is 12.2 Å². The van der Waals surface area contributed by atoms with E-state index in [2.05, 4.69) is 10.6 Å². The number of anilines is 2. The Kier molecular flexibility index (Phi) is 4.74. The van der Waals surface area contributed by atoms with Crippen LogP contribution in [0.1, 0.15) is 13.8 Å². The Labute approximate surface area is 110 Å². The summed E-state index contributed by atoms with van der Waals surface area (Å²) in [5.74, 6) is -1.19. The summed E-state index contributed by atoms with van der Waals surface area (Å²) in [6.45, 7) is 2.24. The number of carbonyl (C=O) groups is 3. The molecule has 0 fully saturated rings. The van der Waals surface area contributed by atoms with Gasteiger partial charge in [-0.25, -0.2) is 4.39 Å². The van der Waals surface area contributed by atoms with E-state index in [0.29, 0.717) is 11.4 Å². The van der Waals surface area contributed by atoms with Crippen LogP contribution in [0.25, 0.3) is 0 Å². The molecule has 1 rings (SSSR count). The van der Waals surface area contributed by atoms with Gasteiger partial charge in [-0.05, 0) is 38.1 Å². The highest BCUT2D eigenvalue weighted by atomic mass is 19.1. The number of hydrogen-bond donors (Lipinski definition) is 2. The van der Waals surface area contributed by atoms with E-state index in [1.165, 1.54) is 26.0 Å². The number of amides is 2. The molecule has 0 radical (unpaired) electrons. The molecule has 0 atom stereocenters. The number of aldehydes is 1. The molecule has 6 heteroatoms. The zero-order valence-corrected chi connectivity index (χ0v) is 10.7. The highest BCUT2D eigenvalue weighted by molar-refractivity contribution is 6.29. The number of hydrogen-bond acceptors (Lipinski definition) is 3. The minimum Gasteiger partial charge on any atom is -0.326 e. The number of benzene rings is 1. The minimum absolute atomic E-state index is 0.166. The smallest absolute Gasteiger partial charge is 0.288 e. The van der Waals surface area contributed by atoms with Crippen LogP contribution >= 0.6 is 0 Å². The van der Waals surface area contributed by atoms with Crippen molar-refractivity contribution in [1.29, 1.82) is 0 Å². The van der Waals surface area contributed by atoms with Crippen molar-refractivity contribution in [1.82, 2.24) is 0 Å². The first-order chi connectivity index (χ1) is 8.89. The highest BCUT2D eigenvalue weighted by Crippen LogP contribution is 2.20. The lowest BCUT2D eigenvalue weighted by Crippen LogP contribution is -2.32. The fraction of sp³-hybridized carbons (Fsp3) is 0.308. The summed E-state index contributed by atoms with van der Waals surface area (Å²) in [4.78, 5) is 32.7. The van der Waals surface area contributed by atoms with E-state index in [1.807, 2.05) is 0 Å². The molecule has 0 aliphatic heterocycles. The number of halogens is 1. The van der Waals surface area contributed by atoms with Gasteiger partial charge in [-0.3, -0.25) is 14.4 Å². The molecule has 1 aromatic carbocycles. The lowest BCUT2D eigenvalue weighted by atomic mass is 9.94. The molecule has 0 spiro atoms. The van der Waals surface area contributed by atoms with Crippen LogP contribution in [0.3, 0.4) is 0 Å². The molecule has 0 heterocycles. The Morgan fingerprint density at radius 1 is 1.16 bits per heavy atom. The van der Waals surface area contributed by atoms with E-state index in [1.54, 1.807) is 12.1 Å². The van der Waals surface area contributed by atoms with Gasteiger partial charge in [0, 0.05) is 11.4 Å². The predicted molar refractivity (Wildman–Crippen MR) is 69.5 cm³/mol. The molecule has 102 valence electrons. The largest absolute Gasteiger partial charge is 0.326 e. The third kappa shape index (κ3) is 4.17. The fourth-order valence-corrected chi connectivity index (χ4v) is 1.17. The first-order valence-corrected chi connectivity index (χ1v) is 5.62. The van der Waals surface area contributed by atoms with Crippen LogP contribution in [-0.2, 0) is 14.4 Å². The molecular formula is C13H15FN2O3. The molecular weight excluding hydrogens is 251 g/mol. The third-order valence-corrected chi connectivity index (χ3v) is 2.47. The monoisotopic (exact) mass is 266 g/mol. The Hall–Kier alpha value is -2.24. The zero-order valence-electron chi connectivity index (χ0n) is 10.7. The predicted octanol–water partition coefficient (Wildman–Crippen LogP) is 1.76. The van der Waals surface area contributed by atoms with Crippen LogP contribution in [0.5, 0.6) is 0 Å². The first-order valence-electron chi connectivity index (χ1n) is 5.62. The SMILES string of the molecule is CC(C)(CF)C(=O)Nc1ccc(NC(=O)C=O)cc1. The molecule has 0 aromatic heterocycles. The number of nitrogens with one attached hydrogen (secondary N) is 2. The van der Waals surface area contributed by atoms with E-state index >= 15 is 0 Å². The summed E-state index contributed by atoms with van der Waals surface area (Å²) in [6, 6.07) is 6.15. The standard InChI is InChI=1S/C13H15FN2O3/c1-13(2,8-14)12(19)16-10-5-3-9(4-6-10)15-11(18)7-17/h3-7H,8H2,1-2H3,(H,15,18)(H,16,19). The van der Waals surface area contributed by atoms with Gasteiger partial charge in [-0.1, -0.05) is 0 Å². The van der Waals surface area contributed by atoms with Crippen molar-refractivity contribution in [3.8, 4) is 0 Å². The van der Waals surface area contributed by atoms with Crippen LogP contribution in [0, 0.1) is 5.41 Å². The maximum absolute atomic E-state index is 12.6. The van der Waals surface area contributed by atoms with Gasteiger partial charge in [0.1, 0.15) is 6.67 Å². The molecule has 5 nitrogen and oxygen atoms in total. The van der Waals surface area contributed by atoms with E-state index in [-0.39, 0.29) is 6.29 Å². The quantitative estimate of drug-likeness (QED) is 0.630. The molecule has 0 bridgehead atoms. The first kappa shape index (κ1) is 14.8. The van der Waals surface area contributed by atoms with E-state index in [4.69, 9.17) is 0 Å². The van der Waals surface area contributed by atoms with Crippen molar-refractivity contribution in [3.63, 3.8) is 0 Å². The normalized spacial score (nSPS) is 10.7. The Bertz CT molecular complexity index is 483. The van der Waals surface area contributed by atoms with Crippen molar-refractivity contribution < 1.29 is 18.8 Å². The van der Waals surface area contributed by atoms with Gasteiger partial charge in [-0.15, -0.1) is 0 Å². The van der Waals surface area contributed by atoms with Crippen LogP contribution in [0.15, 0.2) is 24.3 Å². The van der Waals surface area contributed by atoms with Crippen molar-refractivity contribution in [3.05, 3.63) is 24.3 Å². The number of carbonyl (C=O) groups excluding carboxylic acids is 3. The second kappa shape index (κ2) is 6.08. The summed E-state index contributed by atoms with van der Waals surface area (Å²) in [5.41, 5.74) is -0.180. The maximum Gasteiger partial charge on any atom is 0.288 e. The van der Waals surface area contributed by atoms with Crippen LogP contribution in [0.4, 0.5) is 15.8 Å². The van der Waals surface area contributed by atoms with Gasteiger partial charge in [0.15, 0.2) is 0 Å². The molecule has 1 aromatic rings. The van der Waals surface area contributed by atoms with E-state index in [0.717, 1.165) is 0 Å². The lowest BCUT2D eigenvalue weighted by Gasteiger charge is -2.19. The number of rotatable bonds is 5. The fourth-order valence-electron chi connectivity index (χ4n) is 1.17. The van der Waals surface area contributed by atoms with Gasteiger partial charge in [-0.2, -0.15) is 0 Å². The van der Waals surface area contributed by atoms with Crippen molar-refractivity contribution in [2.75, 3.05) is 17.3 Å². The molecule has 2 amide bonds. The molecule has 19 heavy (non-hydrogen) atoms. The minimum atomic E-state index is -1.09. The van der Waals surface area contributed by atoms with Crippen molar-refractivity contribution in [2.45, 2.75) is 13.8 Å². The van der Waals surface area contributed by atoms with Crippen molar-refractivity contribution >= 4 is 29.5 Å². The summed E-state index contributed by atoms with van der Waals surface area (Å²) in [5, 5.41) is 4.90. The zero-order chi connectivity index (χ0) is 14.5. The summed E-state index contributed by atoms with van der Waals surface area (Å²) in [7, 11) is 0. The second-order valence-electron chi connectivity index (χ2n) is 4.66.